The van der Waals surface area contributed by atoms with Crippen molar-refractivity contribution >= 4 is 27.4 Å². The summed E-state index contributed by atoms with van der Waals surface area (Å²) in [5.41, 5.74) is -0.112. The first kappa shape index (κ1) is 17.5. The first-order chi connectivity index (χ1) is 11.3. The fraction of sp³-hybridized carbons (Fsp3) is 0.125. The van der Waals surface area contributed by atoms with Gasteiger partial charge in [0.05, 0.1) is 10.6 Å². The molecule has 0 unspecified atom stereocenters. The van der Waals surface area contributed by atoms with Crippen molar-refractivity contribution in [1.29, 1.82) is 0 Å². The van der Waals surface area contributed by atoms with Crippen molar-refractivity contribution in [2.24, 2.45) is 0 Å². The van der Waals surface area contributed by atoms with Crippen molar-refractivity contribution in [3.05, 3.63) is 54.1 Å². The third kappa shape index (κ3) is 4.32. The van der Waals surface area contributed by atoms with Gasteiger partial charge in [0.15, 0.2) is 9.84 Å². The SMILES string of the molecule is O=C(CCS(=O)(=O)c1ccccc1)Nc1ccc(C(=O)O)c(O)c1. The molecule has 8 heteroatoms. The van der Waals surface area contributed by atoms with Gasteiger partial charge in [-0.15, -0.1) is 0 Å². The van der Waals surface area contributed by atoms with Crippen LogP contribution in [0.3, 0.4) is 0 Å². The second-order valence-corrected chi connectivity index (χ2v) is 7.08. The van der Waals surface area contributed by atoms with Crippen LogP contribution < -0.4 is 5.32 Å². The van der Waals surface area contributed by atoms with E-state index >= 15 is 0 Å². The zero-order valence-corrected chi connectivity index (χ0v) is 13.3. The minimum absolute atomic E-state index is 0.140. The summed E-state index contributed by atoms with van der Waals surface area (Å²) in [6.45, 7) is 0. The summed E-state index contributed by atoms with van der Waals surface area (Å²) in [6.07, 6.45) is -0.265. The quantitative estimate of drug-likeness (QED) is 0.732. The molecule has 0 fully saturated rings. The molecule has 1 amide bonds. The minimum atomic E-state index is -3.56. The lowest BCUT2D eigenvalue weighted by Crippen LogP contribution is -2.17. The maximum Gasteiger partial charge on any atom is 0.339 e. The molecule has 2 rings (SSSR count). The van der Waals surface area contributed by atoms with Crippen molar-refractivity contribution in [3.8, 4) is 5.75 Å². The second-order valence-electron chi connectivity index (χ2n) is 4.97. The number of amides is 1. The molecule has 7 nitrogen and oxygen atoms in total. The molecule has 0 radical (unpaired) electrons. The number of aromatic hydroxyl groups is 1. The fourth-order valence-corrected chi connectivity index (χ4v) is 3.25. The average molecular weight is 349 g/mol. The lowest BCUT2D eigenvalue weighted by atomic mass is 10.2. The number of anilines is 1. The molecule has 0 aliphatic carbocycles. The van der Waals surface area contributed by atoms with Crippen LogP contribution in [0.5, 0.6) is 5.75 Å². The highest BCUT2D eigenvalue weighted by Crippen LogP contribution is 2.22. The number of sulfone groups is 1. The Morgan fingerprint density at radius 1 is 1.04 bits per heavy atom. The molecule has 0 spiro atoms. The number of aromatic carboxylic acids is 1. The number of carbonyl (C=O) groups excluding carboxylic acids is 1. The number of carbonyl (C=O) groups is 2. The largest absolute Gasteiger partial charge is 0.507 e. The second kappa shape index (κ2) is 7.14. The maximum atomic E-state index is 12.1. The number of carboxylic acid groups (broad SMARTS) is 1. The van der Waals surface area contributed by atoms with E-state index in [1.807, 2.05) is 0 Å². The van der Waals surface area contributed by atoms with Crippen LogP contribution in [0.1, 0.15) is 16.8 Å². The van der Waals surface area contributed by atoms with Crippen LogP contribution in [-0.4, -0.2) is 36.3 Å². The highest BCUT2D eigenvalue weighted by atomic mass is 32.2. The van der Waals surface area contributed by atoms with Gasteiger partial charge in [-0.25, -0.2) is 13.2 Å². The lowest BCUT2D eigenvalue weighted by molar-refractivity contribution is -0.115. The van der Waals surface area contributed by atoms with Crippen LogP contribution in [0.15, 0.2) is 53.4 Å². The predicted molar refractivity (Wildman–Crippen MR) is 86.8 cm³/mol. The van der Waals surface area contributed by atoms with E-state index in [0.29, 0.717) is 0 Å². The number of nitrogens with one attached hydrogen (secondary N) is 1. The van der Waals surface area contributed by atoms with Crippen LogP contribution in [0.25, 0.3) is 0 Å². The summed E-state index contributed by atoms with van der Waals surface area (Å²) >= 11 is 0. The Bertz CT molecular complexity index is 861. The van der Waals surface area contributed by atoms with Gasteiger partial charge in [0.2, 0.25) is 5.91 Å². The van der Waals surface area contributed by atoms with E-state index in [4.69, 9.17) is 5.11 Å². The van der Waals surface area contributed by atoms with Crippen molar-refractivity contribution < 1.29 is 28.2 Å². The molecule has 0 heterocycles. The third-order valence-electron chi connectivity index (χ3n) is 3.21. The summed E-state index contributed by atoms with van der Waals surface area (Å²) < 4.78 is 24.2. The van der Waals surface area contributed by atoms with Crippen LogP contribution in [0.4, 0.5) is 5.69 Å². The number of rotatable bonds is 6. The van der Waals surface area contributed by atoms with Gasteiger partial charge in [-0.3, -0.25) is 4.79 Å². The molecule has 3 N–H and O–H groups in total. The molecule has 2 aromatic carbocycles. The highest BCUT2D eigenvalue weighted by molar-refractivity contribution is 7.91. The van der Waals surface area contributed by atoms with Crippen LogP contribution in [0, 0.1) is 0 Å². The molecule has 0 atom stereocenters. The Morgan fingerprint density at radius 3 is 2.29 bits per heavy atom. The smallest absolute Gasteiger partial charge is 0.339 e. The van der Waals surface area contributed by atoms with E-state index in [0.717, 1.165) is 12.1 Å². The van der Waals surface area contributed by atoms with Gasteiger partial charge in [-0.1, -0.05) is 18.2 Å². The highest BCUT2D eigenvalue weighted by Gasteiger charge is 2.16. The van der Waals surface area contributed by atoms with Gasteiger partial charge < -0.3 is 15.5 Å². The standard InChI is InChI=1S/C16H15NO6S/c18-14-10-11(6-7-13(14)16(20)21)17-15(19)8-9-24(22,23)12-4-2-1-3-5-12/h1-7,10,18H,8-9H2,(H,17,19)(H,20,21). The molecule has 126 valence electrons. The summed E-state index contributed by atoms with van der Waals surface area (Å²) in [6, 6.07) is 11.3. The van der Waals surface area contributed by atoms with Crippen molar-refractivity contribution in [2.45, 2.75) is 11.3 Å². The van der Waals surface area contributed by atoms with E-state index in [2.05, 4.69) is 5.32 Å². The minimum Gasteiger partial charge on any atom is -0.507 e. The molecule has 0 aliphatic heterocycles. The first-order valence-electron chi connectivity index (χ1n) is 6.93. The van der Waals surface area contributed by atoms with Crippen molar-refractivity contribution in [3.63, 3.8) is 0 Å². The Morgan fingerprint density at radius 2 is 1.71 bits per heavy atom. The monoisotopic (exact) mass is 349 g/mol. The summed E-state index contributed by atoms with van der Waals surface area (Å²) in [5.74, 6) is -2.70. The van der Waals surface area contributed by atoms with E-state index in [9.17, 15) is 23.1 Å². The number of benzene rings is 2. The third-order valence-corrected chi connectivity index (χ3v) is 4.94. The molecule has 0 aliphatic rings. The van der Waals surface area contributed by atoms with Gasteiger partial charge in [0, 0.05) is 18.2 Å². The molecular formula is C16H15NO6S. The first-order valence-corrected chi connectivity index (χ1v) is 8.59. The summed E-state index contributed by atoms with van der Waals surface area (Å²) in [4.78, 5) is 22.8. The lowest BCUT2D eigenvalue weighted by Gasteiger charge is -2.08. The topological polar surface area (TPSA) is 121 Å². The fourth-order valence-electron chi connectivity index (χ4n) is 1.99. The van der Waals surface area contributed by atoms with Crippen LogP contribution in [0.2, 0.25) is 0 Å². The van der Waals surface area contributed by atoms with Gasteiger partial charge in [-0.05, 0) is 24.3 Å². The molecule has 0 saturated heterocycles. The zero-order chi connectivity index (χ0) is 17.7. The van der Waals surface area contributed by atoms with E-state index in [1.165, 1.54) is 18.2 Å². The van der Waals surface area contributed by atoms with Gasteiger partial charge in [0.1, 0.15) is 11.3 Å². The van der Waals surface area contributed by atoms with E-state index < -0.39 is 27.5 Å². The average Bonchev–Trinajstić information content (AvgIpc) is 2.54. The van der Waals surface area contributed by atoms with Gasteiger partial charge >= 0.3 is 5.97 Å². The van der Waals surface area contributed by atoms with Crippen molar-refractivity contribution in [2.75, 3.05) is 11.1 Å². The molecular weight excluding hydrogens is 334 g/mol. The van der Waals surface area contributed by atoms with Gasteiger partial charge in [-0.2, -0.15) is 0 Å². The number of hydrogen-bond donors (Lipinski definition) is 3. The molecule has 0 aromatic heterocycles. The Balaban J connectivity index is 1.99. The van der Waals surface area contributed by atoms with Crippen LogP contribution >= 0.6 is 0 Å². The molecule has 2 aromatic rings. The van der Waals surface area contributed by atoms with Gasteiger partial charge in [0.25, 0.3) is 0 Å². The number of phenols is 1. The Kier molecular flexibility index (Phi) is 5.20. The van der Waals surface area contributed by atoms with Crippen molar-refractivity contribution in [1.82, 2.24) is 0 Å². The normalized spacial score (nSPS) is 11.0. The number of carboxylic acids is 1. The Hall–Kier alpha value is -2.87. The zero-order valence-electron chi connectivity index (χ0n) is 12.5. The van der Waals surface area contributed by atoms with E-state index in [1.54, 1.807) is 18.2 Å². The summed E-state index contributed by atoms with van der Waals surface area (Å²) in [7, 11) is -3.56. The van der Waals surface area contributed by atoms with Crippen LogP contribution in [-0.2, 0) is 14.6 Å². The predicted octanol–water partition coefficient (Wildman–Crippen LogP) is 1.89. The molecule has 0 bridgehead atoms. The Labute approximate surface area is 138 Å². The van der Waals surface area contributed by atoms with E-state index in [-0.39, 0.29) is 28.3 Å². The molecule has 24 heavy (non-hydrogen) atoms. The molecule has 0 saturated carbocycles. The number of hydrogen-bond acceptors (Lipinski definition) is 5. The maximum absolute atomic E-state index is 12.1. The summed E-state index contributed by atoms with van der Waals surface area (Å²) in [5, 5.41) is 20.8.